The van der Waals surface area contributed by atoms with Crippen molar-refractivity contribution in [3.8, 4) is 5.75 Å². The molecule has 166 valence electrons. The molecule has 0 amide bonds. The minimum absolute atomic E-state index is 0.0597. The predicted octanol–water partition coefficient (Wildman–Crippen LogP) is 5.12. The lowest BCUT2D eigenvalue weighted by atomic mass is 9.89. The number of halogens is 1. The maximum Gasteiger partial charge on any atom is 0.308 e. The largest absolute Gasteiger partial charge is 0.489 e. The molecule has 3 N–H and O–H groups in total. The highest BCUT2D eigenvalue weighted by molar-refractivity contribution is 5.74. The van der Waals surface area contributed by atoms with Gasteiger partial charge in [0.25, 0.3) is 0 Å². The fraction of sp³-hybridized carbons (Fsp3) is 0.200. The average molecular weight is 437 g/mol. The summed E-state index contributed by atoms with van der Waals surface area (Å²) < 4.78 is 19.1. The van der Waals surface area contributed by atoms with Crippen molar-refractivity contribution in [3.63, 3.8) is 0 Å². The third kappa shape index (κ3) is 6.57. The lowest BCUT2D eigenvalue weighted by Crippen LogP contribution is -2.28. The highest BCUT2D eigenvalue weighted by atomic mass is 19.1. The van der Waals surface area contributed by atoms with E-state index in [0.717, 1.165) is 5.56 Å². The molecule has 2 atom stereocenters. The Morgan fingerprint density at radius 3 is 2.16 bits per heavy atom. The molecule has 32 heavy (non-hydrogen) atoms. The molecular formula is C25H24FNO5. The number of anilines is 1. The van der Waals surface area contributed by atoms with E-state index in [-0.39, 0.29) is 12.8 Å². The van der Waals surface area contributed by atoms with Crippen LogP contribution in [0.25, 0.3) is 0 Å². The van der Waals surface area contributed by atoms with E-state index in [4.69, 9.17) is 9.84 Å². The molecule has 0 saturated carbocycles. The molecule has 0 spiro atoms. The van der Waals surface area contributed by atoms with Crippen LogP contribution in [-0.2, 0) is 16.2 Å². The summed E-state index contributed by atoms with van der Waals surface area (Å²) in [5, 5.41) is 21.9. The normalized spacial score (nSPS) is 12.5. The molecule has 0 bridgehead atoms. The van der Waals surface area contributed by atoms with E-state index in [1.54, 1.807) is 24.3 Å². The Morgan fingerprint density at radius 1 is 0.906 bits per heavy atom. The molecule has 3 aromatic rings. The van der Waals surface area contributed by atoms with Crippen LogP contribution in [0.4, 0.5) is 10.1 Å². The quantitative estimate of drug-likeness (QED) is 0.385. The van der Waals surface area contributed by atoms with Crippen molar-refractivity contribution in [1.82, 2.24) is 0 Å². The molecule has 0 aliphatic rings. The number of hydrogen-bond donors (Lipinski definition) is 3. The third-order valence-corrected chi connectivity index (χ3v) is 5.04. The molecular weight excluding hydrogens is 413 g/mol. The van der Waals surface area contributed by atoms with Gasteiger partial charge in [0.2, 0.25) is 0 Å². The highest BCUT2D eigenvalue weighted by Gasteiger charge is 2.30. The molecule has 3 rings (SSSR count). The first-order valence-electron chi connectivity index (χ1n) is 10.2. The average Bonchev–Trinajstić information content (AvgIpc) is 2.79. The fourth-order valence-electron chi connectivity index (χ4n) is 3.37. The molecule has 0 fully saturated rings. The van der Waals surface area contributed by atoms with Gasteiger partial charge < -0.3 is 20.3 Å². The van der Waals surface area contributed by atoms with Crippen molar-refractivity contribution in [3.05, 3.63) is 95.8 Å². The molecule has 0 aliphatic heterocycles. The Bertz CT molecular complexity index is 1020. The Kier molecular flexibility index (Phi) is 7.80. The number of nitrogens with one attached hydrogen (secondary N) is 1. The van der Waals surface area contributed by atoms with Crippen LogP contribution in [0.1, 0.15) is 30.0 Å². The van der Waals surface area contributed by atoms with Crippen LogP contribution in [0, 0.1) is 11.7 Å². The van der Waals surface area contributed by atoms with Crippen molar-refractivity contribution in [2.24, 2.45) is 5.92 Å². The van der Waals surface area contributed by atoms with Crippen molar-refractivity contribution < 1.29 is 28.9 Å². The topological polar surface area (TPSA) is 95.9 Å². The van der Waals surface area contributed by atoms with Crippen LogP contribution in [0.2, 0.25) is 0 Å². The zero-order chi connectivity index (χ0) is 22.9. The Labute approximate surface area is 185 Å². The summed E-state index contributed by atoms with van der Waals surface area (Å²) >= 11 is 0. The Hall–Kier alpha value is -3.87. The lowest BCUT2D eigenvalue weighted by molar-refractivity contribution is -0.143. The molecule has 0 radical (unpaired) electrons. The van der Waals surface area contributed by atoms with Crippen LogP contribution >= 0.6 is 0 Å². The van der Waals surface area contributed by atoms with Crippen LogP contribution in [-0.4, -0.2) is 22.2 Å². The molecule has 0 aliphatic carbocycles. The minimum Gasteiger partial charge on any atom is -0.489 e. The third-order valence-electron chi connectivity index (χ3n) is 5.04. The molecule has 0 aromatic heterocycles. The summed E-state index contributed by atoms with van der Waals surface area (Å²) in [6.45, 7) is 0.397. The van der Waals surface area contributed by atoms with Gasteiger partial charge in [0.05, 0.1) is 12.0 Å². The van der Waals surface area contributed by atoms with Gasteiger partial charge in [-0.3, -0.25) is 9.59 Å². The van der Waals surface area contributed by atoms with Gasteiger partial charge >= 0.3 is 11.9 Å². The summed E-state index contributed by atoms with van der Waals surface area (Å²) in [7, 11) is 0. The molecule has 6 nitrogen and oxygen atoms in total. The lowest BCUT2D eigenvalue weighted by Gasteiger charge is -2.26. The summed E-state index contributed by atoms with van der Waals surface area (Å²) in [6, 6.07) is 21.5. The Balaban J connectivity index is 1.81. The number of carboxylic acids is 2. The van der Waals surface area contributed by atoms with E-state index in [1.165, 1.54) is 24.3 Å². The second-order valence-corrected chi connectivity index (χ2v) is 7.35. The second-order valence-electron chi connectivity index (χ2n) is 7.35. The van der Waals surface area contributed by atoms with Crippen LogP contribution in [0.3, 0.4) is 0 Å². The number of hydrogen-bond acceptors (Lipinski definition) is 4. The van der Waals surface area contributed by atoms with E-state index >= 15 is 0 Å². The van der Waals surface area contributed by atoms with Crippen molar-refractivity contribution >= 4 is 17.6 Å². The summed E-state index contributed by atoms with van der Waals surface area (Å²) in [4.78, 5) is 23.0. The van der Waals surface area contributed by atoms with E-state index in [0.29, 0.717) is 23.6 Å². The summed E-state index contributed by atoms with van der Waals surface area (Å²) in [5.41, 5.74) is 2.20. The van der Waals surface area contributed by atoms with Crippen LogP contribution in [0.15, 0.2) is 78.9 Å². The van der Waals surface area contributed by atoms with Crippen molar-refractivity contribution in [2.75, 3.05) is 5.32 Å². The molecule has 7 heteroatoms. The van der Waals surface area contributed by atoms with E-state index < -0.39 is 29.7 Å². The van der Waals surface area contributed by atoms with Gasteiger partial charge in [0.1, 0.15) is 18.2 Å². The number of carbonyl (C=O) groups is 2. The van der Waals surface area contributed by atoms with Gasteiger partial charge in [0, 0.05) is 12.1 Å². The SMILES string of the molecule is O=C(O)CC[C@@H](C(=O)O)[C@H](Nc1ccc(F)cc1)c1ccc(OCc2ccccc2)cc1. The van der Waals surface area contributed by atoms with Gasteiger partial charge in [-0.2, -0.15) is 0 Å². The number of ether oxygens (including phenoxy) is 1. The molecule has 0 heterocycles. The zero-order valence-electron chi connectivity index (χ0n) is 17.3. The maximum atomic E-state index is 13.3. The second kappa shape index (κ2) is 10.9. The standard InChI is InChI=1S/C25H24FNO5/c26-19-8-10-20(11-9-19)27-24(22(25(30)31)14-15-23(28)29)18-6-12-21(13-7-18)32-16-17-4-2-1-3-5-17/h1-13,22,24,27H,14-16H2,(H,28,29)(H,30,31)/t22-,24-/m1/s1. The first kappa shape index (κ1) is 22.8. The van der Waals surface area contributed by atoms with Gasteiger partial charge in [0.15, 0.2) is 0 Å². The van der Waals surface area contributed by atoms with E-state index in [2.05, 4.69) is 5.32 Å². The van der Waals surface area contributed by atoms with Gasteiger partial charge in [-0.15, -0.1) is 0 Å². The fourth-order valence-corrected chi connectivity index (χ4v) is 3.37. The van der Waals surface area contributed by atoms with Crippen molar-refractivity contribution in [1.29, 1.82) is 0 Å². The molecule has 0 unspecified atom stereocenters. The smallest absolute Gasteiger partial charge is 0.308 e. The van der Waals surface area contributed by atoms with E-state index in [9.17, 15) is 19.1 Å². The number of benzene rings is 3. The number of aliphatic carboxylic acids is 2. The number of rotatable bonds is 11. The van der Waals surface area contributed by atoms with Crippen LogP contribution in [0.5, 0.6) is 5.75 Å². The zero-order valence-corrected chi connectivity index (χ0v) is 17.3. The van der Waals surface area contributed by atoms with Gasteiger partial charge in [-0.25, -0.2) is 4.39 Å². The highest BCUT2D eigenvalue weighted by Crippen LogP contribution is 2.31. The summed E-state index contributed by atoms with van der Waals surface area (Å²) in [6.07, 6.45) is -0.341. The first-order valence-corrected chi connectivity index (χ1v) is 10.2. The number of carboxylic acid groups (broad SMARTS) is 2. The van der Waals surface area contributed by atoms with Crippen molar-refractivity contribution in [2.45, 2.75) is 25.5 Å². The monoisotopic (exact) mass is 437 g/mol. The van der Waals surface area contributed by atoms with Gasteiger partial charge in [-0.1, -0.05) is 42.5 Å². The van der Waals surface area contributed by atoms with Crippen LogP contribution < -0.4 is 10.1 Å². The van der Waals surface area contributed by atoms with E-state index in [1.807, 2.05) is 30.3 Å². The minimum atomic E-state index is -1.12. The predicted molar refractivity (Wildman–Crippen MR) is 118 cm³/mol. The van der Waals surface area contributed by atoms with Gasteiger partial charge in [-0.05, 0) is 53.9 Å². The maximum absolute atomic E-state index is 13.3. The first-order chi connectivity index (χ1) is 15.4. The molecule has 0 saturated heterocycles. The summed E-state index contributed by atoms with van der Waals surface area (Å²) in [5.74, 6) is -2.98. The molecule has 3 aromatic carbocycles. The Morgan fingerprint density at radius 2 is 1.56 bits per heavy atom.